The number of hydrogen-bond donors (Lipinski definition) is 3. The third-order valence-electron chi connectivity index (χ3n) is 6.25. The number of carbonyl (C=O) groups is 2. The van der Waals surface area contributed by atoms with E-state index in [-0.39, 0.29) is 21.8 Å². The first-order valence-corrected chi connectivity index (χ1v) is 13.2. The summed E-state index contributed by atoms with van der Waals surface area (Å²) < 4.78 is 67.3. The summed E-state index contributed by atoms with van der Waals surface area (Å²) in [6, 6.07) is 15.4. The molecular weight excluding hydrogens is 551 g/mol. The van der Waals surface area contributed by atoms with Gasteiger partial charge in [-0.3, -0.25) is 9.59 Å². The fraction of sp³-hybridized carbons (Fsp3) is 0.115. The number of primary amides is 1. The van der Waals surface area contributed by atoms with E-state index in [4.69, 9.17) is 10.9 Å². The zero-order valence-corrected chi connectivity index (χ0v) is 21.2. The van der Waals surface area contributed by atoms with Crippen molar-refractivity contribution in [3.63, 3.8) is 0 Å². The highest BCUT2D eigenvalue weighted by molar-refractivity contribution is 7.89. The standard InChI is InChI=1S/C26H20F3N5O5S/c27-26(28,29)39-21-4-2-1-3-18(21)25(36)32-15-7-5-14-6-12-19-22(24(30)35)33-34(23(19)20(14)13-15)16-8-10-17(11-9-16)40(31,37)38/h1-5,7-11,13H,6,12H2,(H2,30,35)(H,32,36)(H2,31,37,38). The first-order valence-electron chi connectivity index (χ1n) is 11.7. The van der Waals surface area contributed by atoms with E-state index in [9.17, 15) is 31.2 Å². The van der Waals surface area contributed by atoms with Gasteiger partial charge in [-0.2, -0.15) is 5.10 Å². The van der Waals surface area contributed by atoms with Crippen LogP contribution in [-0.2, 0) is 22.9 Å². The summed E-state index contributed by atoms with van der Waals surface area (Å²) in [4.78, 5) is 25.0. The van der Waals surface area contributed by atoms with Crippen molar-refractivity contribution in [2.75, 3.05) is 5.32 Å². The van der Waals surface area contributed by atoms with E-state index in [2.05, 4.69) is 15.2 Å². The average Bonchev–Trinajstić information content (AvgIpc) is 3.28. The van der Waals surface area contributed by atoms with Crippen LogP contribution >= 0.6 is 0 Å². The number of sulfonamides is 1. The fourth-order valence-corrected chi connectivity index (χ4v) is 5.06. The number of nitrogens with two attached hydrogens (primary N) is 2. The number of fused-ring (bicyclic) bond motifs is 3. The first-order chi connectivity index (χ1) is 18.8. The number of benzene rings is 3. The van der Waals surface area contributed by atoms with E-state index in [1.807, 2.05) is 0 Å². The molecule has 10 nitrogen and oxygen atoms in total. The molecule has 40 heavy (non-hydrogen) atoms. The molecule has 14 heteroatoms. The summed E-state index contributed by atoms with van der Waals surface area (Å²) in [6.45, 7) is 0. The smallest absolute Gasteiger partial charge is 0.405 e. The zero-order valence-electron chi connectivity index (χ0n) is 20.4. The fourth-order valence-electron chi connectivity index (χ4n) is 4.54. The summed E-state index contributed by atoms with van der Waals surface area (Å²) in [7, 11) is -3.94. The lowest BCUT2D eigenvalue weighted by Crippen LogP contribution is -2.21. The minimum atomic E-state index is -4.98. The van der Waals surface area contributed by atoms with Gasteiger partial charge in [0.05, 0.1) is 21.8 Å². The number of nitrogens with one attached hydrogen (secondary N) is 1. The van der Waals surface area contributed by atoms with Gasteiger partial charge in [0.2, 0.25) is 10.0 Å². The maximum absolute atomic E-state index is 12.9. The number of para-hydroxylation sites is 1. The molecule has 2 amide bonds. The number of amides is 2. The highest BCUT2D eigenvalue weighted by Gasteiger charge is 2.33. The van der Waals surface area contributed by atoms with Crippen molar-refractivity contribution in [2.24, 2.45) is 10.9 Å². The molecule has 0 saturated carbocycles. The molecule has 0 unspecified atom stereocenters. The normalized spacial score (nSPS) is 12.8. The molecule has 206 valence electrons. The Morgan fingerprint density at radius 2 is 1.70 bits per heavy atom. The summed E-state index contributed by atoms with van der Waals surface area (Å²) in [5.41, 5.74) is 8.47. The minimum absolute atomic E-state index is 0.0313. The molecule has 3 aromatic carbocycles. The number of anilines is 1. The van der Waals surface area contributed by atoms with Crippen molar-refractivity contribution >= 4 is 27.5 Å². The van der Waals surface area contributed by atoms with Crippen LogP contribution in [0.1, 0.15) is 32.0 Å². The second-order valence-electron chi connectivity index (χ2n) is 8.86. The van der Waals surface area contributed by atoms with Crippen LogP contribution in [0.4, 0.5) is 18.9 Å². The topological polar surface area (TPSA) is 159 Å². The third-order valence-corrected chi connectivity index (χ3v) is 7.18. The molecule has 1 aromatic heterocycles. The third kappa shape index (κ3) is 5.26. The SMILES string of the molecule is NC(=O)c1nn(-c2ccc(S(N)(=O)=O)cc2)c2c1CCc1ccc(NC(=O)c3ccccc3OC(F)(F)F)cc1-2. The number of primary sulfonamides is 1. The van der Waals surface area contributed by atoms with Crippen LogP contribution in [0.3, 0.4) is 0 Å². The second kappa shape index (κ2) is 9.81. The lowest BCUT2D eigenvalue weighted by atomic mass is 9.88. The van der Waals surface area contributed by atoms with Gasteiger partial charge in [0.15, 0.2) is 5.69 Å². The van der Waals surface area contributed by atoms with Gasteiger partial charge >= 0.3 is 6.36 Å². The largest absolute Gasteiger partial charge is 0.573 e. The maximum atomic E-state index is 12.9. The van der Waals surface area contributed by atoms with Crippen molar-refractivity contribution < 1.29 is 35.9 Å². The Morgan fingerprint density at radius 3 is 2.35 bits per heavy atom. The van der Waals surface area contributed by atoms with Crippen molar-refractivity contribution in [3.05, 3.63) is 89.1 Å². The Kier molecular flexibility index (Phi) is 6.59. The molecular formula is C26H20F3N5O5S. The molecule has 0 aliphatic heterocycles. The monoisotopic (exact) mass is 571 g/mol. The Balaban J connectivity index is 1.56. The van der Waals surface area contributed by atoms with Crippen LogP contribution in [0.5, 0.6) is 5.75 Å². The molecule has 0 atom stereocenters. The van der Waals surface area contributed by atoms with Crippen LogP contribution in [0.2, 0.25) is 0 Å². The Morgan fingerprint density at radius 1 is 1.00 bits per heavy atom. The summed E-state index contributed by atoms with van der Waals surface area (Å²) in [5.74, 6) is -2.24. The summed E-state index contributed by atoms with van der Waals surface area (Å²) >= 11 is 0. The van der Waals surface area contributed by atoms with Crippen LogP contribution in [-0.4, -0.2) is 36.4 Å². The van der Waals surface area contributed by atoms with Gasteiger partial charge in [-0.25, -0.2) is 18.2 Å². The van der Waals surface area contributed by atoms with Crippen LogP contribution in [0, 0.1) is 0 Å². The predicted octanol–water partition coefficient (Wildman–Crippen LogP) is 3.54. The van der Waals surface area contributed by atoms with E-state index < -0.39 is 33.9 Å². The molecule has 0 spiro atoms. The zero-order chi connectivity index (χ0) is 28.8. The van der Waals surface area contributed by atoms with E-state index in [0.29, 0.717) is 35.3 Å². The molecule has 5 N–H and O–H groups in total. The molecule has 4 aromatic rings. The van der Waals surface area contributed by atoms with Crippen LogP contribution in [0.25, 0.3) is 16.9 Å². The molecule has 0 fully saturated rings. The number of rotatable bonds is 6. The molecule has 1 aliphatic carbocycles. The number of hydrogen-bond acceptors (Lipinski definition) is 6. The number of aromatic nitrogens is 2. The molecule has 0 bridgehead atoms. The number of halogens is 3. The highest BCUT2D eigenvalue weighted by Crippen LogP contribution is 2.38. The quantitative estimate of drug-likeness (QED) is 0.321. The summed E-state index contributed by atoms with van der Waals surface area (Å²) in [5, 5.41) is 12.2. The average molecular weight is 572 g/mol. The maximum Gasteiger partial charge on any atom is 0.573 e. The van der Waals surface area contributed by atoms with Gasteiger partial charge in [-0.15, -0.1) is 13.2 Å². The molecule has 0 radical (unpaired) electrons. The second-order valence-corrected chi connectivity index (χ2v) is 10.4. The minimum Gasteiger partial charge on any atom is -0.405 e. The van der Waals surface area contributed by atoms with Crippen molar-refractivity contribution in [2.45, 2.75) is 24.1 Å². The van der Waals surface area contributed by atoms with Gasteiger partial charge in [-0.1, -0.05) is 18.2 Å². The molecule has 1 heterocycles. The van der Waals surface area contributed by atoms with Gasteiger partial charge in [0.25, 0.3) is 11.8 Å². The van der Waals surface area contributed by atoms with Gasteiger partial charge in [0.1, 0.15) is 5.75 Å². The first kappa shape index (κ1) is 26.9. The molecule has 1 aliphatic rings. The van der Waals surface area contributed by atoms with E-state index >= 15 is 0 Å². The number of ether oxygens (including phenoxy) is 1. The summed E-state index contributed by atoms with van der Waals surface area (Å²) in [6.07, 6.45) is -4.03. The molecule has 5 rings (SSSR count). The van der Waals surface area contributed by atoms with E-state index in [1.165, 1.54) is 47.1 Å². The molecule has 0 saturated heterocycles. The van der Waals surface area contributed by atoms with Crippen molar-refractivity contribution in [3.8, 4) is 22.7 Å². The lowest BCUT2D eigenvalue weighted by molar-refractivity contribution is -0.274. The van der Waals surface area contributed by atoms with Gasteiger partial charge in [-0.05, 0) is 66.9 Å². The van der Waals surface area contributed by atoms with Gasteiger partial charge < -0.3 is 15.8 Å². The highest BCUT2D eigenvalue weighted by atomic mass is 32.2. The number of alkyl halides is 3. The number of carbonyl (C=O) groups excluding carboxylic acids is 2. The van der Waals surface area contributed by atoms with E-state index in [1.54, 1.807) is 18.2 Å². The van der Waals surface area contributed by atoms with Crippen LogP contribution < -0.4 is 20.9 Å². The van der Waals surface area contributed by atoms with Crippen molar-refractivity contribution in [1.82, 2.24) is 9.78 Å². The Hall–Kier alpha value is -4.69. The number of aryl methyl sites for hydroxylation is 1. The van der Waals surface area contributed by atoms with Crippen molar-refractivity contribution in [1.29, 1.82) is 0 Å². The van der Waals surface area contributed by atoms with E-state index in [0.717, 1.165) is 11.6 Å². The Labute approximate surface area is 225 Å². The predicted molar refractivity (Wildman–Crippen MR) is 137 cm³/mol. The lowest BCUT2D eigenvalue weighted by Gasteiger charge is -2.20. The Bertz CT molecular complexity index is 1770. The van der Waals surface area contributed by atoms with Gasteiger partial charge in [0, 0.05) is 16.8 Å². The number of nitrogens with zero attached hydrogens (tertiary/aromatic N) is 2. The van der Waals surface area contributed by atoms with Crippen LogP contribution in [0.15, 0.2) is 71.6 Å².